The normalized spacial score (nSPS) is 11.8. The minimum absolute atomic E-state index is 0. The third-order valence-corrected chi connectivity index (χ3v) is 1.27. The summed E-state index contributed by atoms with van der Waals surface area (Å²) in [5.41, 5.74) is 10.3. The van der Waals surface area contributed by atoms with E-state index >= 15 is 0 Å². The molecule has 0 heterocycles. The van der Waals surface area contributed by atoms with Gasteiger partial charge in [0.05, 0.1) is 5.97 Å². The van der Waals surface area contributed by atoms with Crippen LogP contribution in [-0.2, 0) is 21.6 Å². The van der Waals surface area contributed by atoms with Gasteiger partial charge < -0.3 is 21.4 Å². The first kappa shape index (κ1) is 13.5. The number of carbonyl (C=O) groups is 1. The molecular weight excluding hydrogens is 191 g/mol. The molecule has 4 N–H and O–H groups in total. The second-order valence-electron chi connectivity index (χ2n) is 2.21. The standard InChI is InChI=1S/C6H14N2O2.Co/c7-4-2-1-3-5(8)6(9)10;/h5H,1-4,7-8H2,(H,9,10);/q;+2/p-1/t5-;/m0./s1. The Labute approximate surface area is 76.5 Å². The number of unbranched alkanes of at least 4 members (excludes halogenated alkanes) is 1. The first-order chi connectivity index (χ1) is 4.68. The quantitative estimate of drug-likeness (QED) is 0.516. The fraction of sp³-hybridized carbons (Fsp3) is 0.833. The summed E-state index contributed by atoms with van der Waals surface area (Å²) >= 11 is 0. The molecular formula is C6H13CoN2O2+. The van der Waals surface area contributed by atoms with E-state index in [-0.39, 0.29) is 16.8 Å². The van der Waals surface area contributed by atoms with Gasteiger partial charge in [-0.05, 0) is 19.4 Å². The summed E-state index contributed by atoms with van der Waals surface area (Å²) in [6.45, 7) is 0.583. The summed E-state index contributed by atoms with van der Waals surface area (Å²) in [6, 6.07) is -0.827. The fourth-order valence-electron chi connectivity index (χ4n) is 0.626. The van der Waals surface area contributed by atoms with Gasteiger partial charge in [0, 0.05) is 6.04 Å². The van der Waals surface area contributed by atoms with Gasteiger partial charge in [-0.2, -0.15) is 0 Å². The molecule has 0 amide bonds. The third-order valence-electron chi connectivity index (χ3n) is 1.27. The molecule has 0 aromatic carbocycles. The molecule has 1 radical (unpaired) electrons. The van der Waals surface area contributed by atoms with Crippen LogP contribution in [0.2, 0.25) is 0 Å². The van der Waals surface area contributed by atoms with Gasteiger partial charge in [0.2, 0.25) is 0 Å². The molecule has 0 aliphatic heterocycles. The van der Waals surface area contributed by atoms with Crippen LogP contribution in [0.3, 0.4) is 0 Å². The van der Waals surface area contributed by atoms with Gasteiger partial charge in [-0.1, -0.05) is 6.42 Å². The van der Waals surface area contributed by atoms with Crippen molar-refractivity contribution >= 4 is 5.97 Å². The summed E-state index contributed by atoms with van der Waals surface area (Å²) in [4.78, 5) is 10.0. The summed E-state index contributed by atoms with van der Waals surface area (Å²) in [6.07, 6.45) is 2.03. The summed E-state index contributed by atoms with van der Waals surface area (Å²) in [5, 5.41) is 10.0. The van der Waals surface area contributed by atoms with E-state index in [0.717, 1.165) is 12.8 Å². The van der Waals surface area contributed by atoms with Crippen LogP contribution in [0.5, 0.6) is 0 Å². The first-order valence-electron chi connectivity index (χ1n) is 3.35. The molecule has 0 aromatic rings. The summed E-state index contributed by atoms with van der Waals surface area (Å²) in [5.74, 6) is -1.18. The summed E-state index contributed by atoms with van der Waals surface area (Å²) in [7, 11) is 0. The Morgan fingerprint density at radius 1 is 1.45 bits per heavy atom. The number of rotatable bonds is 5. The number of aliphatic carboxylic acids is 1. The molecule has 0 fully saturated rings. The Balaban J connectivity index is 0. The van der Waals surface area contributed by atoms with E-state index in [2.05, 4.69) is 0 Å². The molecule has 0 aliphatic rings. The van der Waals surface area contributed by atoms with Gasteiger partial charge >= 0.3 is 16.8 Å². The minimum Gasteiger partial charge on any atom is -0.548 e. The maximum absolute atomic E-state index is 10.0. The molecule has 4 nitrogen and oxygen atoms in total. The van der Waals surface area contributed by atoms with Crippen LogP contribution in [0, 0.1) is 0 Å². The second-order valence-corrected chi connectivity index (χ2v) is 2.21. The van der Waals surface area contributed by atoms with Gasteiger partial charge in [-0.3, -0.25) is 0 Å². The Bertz CT molecular complexity index is 111. The second kappa shape index (κ2) is 8.00. The minimum atomic E-state index is -1.18. The first-order valence-corrected chi connectivity index (χ1v) is 3.35. The van der Waals surface area contributed by atoms with Gasteiger partial charge in [0.1, 0.15) is 0 Å². The van der Waals surface area contributed by atoms with Crippen LogP contribution in [0.25, 0.3) is 0 Å². The molecule has 0 unspecified atom stereocenters. The van der Waals surface area contributed by atoms with Gasteiger partial charge in [0.25, 0.3) is 0 Å². The number of carbonyl (C=O) groups excluding carboxylic acids is 1. The molecule has 0 rings (SSSR count). The number of nitrogens with two attached hydrogens (primary N) is 2. The molecule has 0 saturated heterocycles. The molecule has 0 aliphatic carbocycles. The predicted octanol–water partition coefficient (Wildman–Crippen LogP) is -1.81. The third kappa shape index (κ3) is 7.80. The van der Waals surface area contributed by atoms with Crippen molar-refractivity contribution in [1.29, 1.82) is 0 Å². The Kier molecular flexibility index (Phi) is 9.80. The van der Waals surface area contributed by atoms with Gasteiger partial charge in [-0.25, -0.2) is 0 Å². The van der Waals surface area contributed by atoms with Crippen LogP contribution in [0.15, 0.2) is 0 Å². The van der Waals surface area contributed by atoms with E-state index in [1.165, 1.54) is 0 Å². The average molecular weight is 204 g/mol. The van der Waals surface area contributed by atoms with E-state index in [4.69, 9.17) is 11.5 Å². The topological polar surface area (TPSA) is 92.2 Å². The summed E-state index contributed by atoms with van der Waals surface area (Å²) < 4.78 is 0. The smallest absolute Gasteiger partial charge is 0.548 e. The van der Waals surface area contributed by atoms with Crippen molar-refractivity contribution < 1.29 is 26.7 Å². The number of hydrogen-bond donors (Lipinski definition) is 2. The molecule has 0 saturated carbocycles. The van der Waals surface area contributed by atoms with E-state index < -0.39 is 12.0 Å². The SMILES string of the molecule is NCCCC[C@H](N)C(=O)[O-].[Co+2]. The van der Waals surface area contributed by atoms with Crippen molar-refractivity contribution in [2.75, 3.05) is 6.54 Å². The number of carboxylic acid groups (broad SMARTS) is 1. The van der Waals surface area contributed by atoms with E-state index in [0.29, 0.717) is 13.0 Å². The van der Waals surface area contributed by atoms with Crippen LogP contribution in [0.1, 0.15) is 19.3 Å². The Morgan fingerprint density at radius 2 is 2.00 bits per heavy atom. The molecule has 0 aromatic heterocycles. The maximum atomic E-state index is 10.0. The van der Waals surface area contributed by atoms with Crippen molar-refractivity contribution in [2.24, 2.45) is 11.5 Å². The van der Waals surface area contributed by atoms with Crippen molar-refractivity contribution in [3.63, 3.8) is 0 Å². The molecule has 67 valence electrons. The van der Waals surface area contributed by atoms with E-state index in [1.807, 2.05) is 0 Å². The maximum Gasteiger partial charge on any atom is 2.00 e. The Hall–Kier alpha value is -0.104. The zero-order valence-electron chi connectivity index (χ0n) is 6.21. The molecule has 11 heavy (non-hydrogen) atoms. The number of carboxylic acids is 1. The van der Waals surface area contributed by atoms with Crippen molar-refractivity contribution in [3.8, 4) is 0 Å². The van der Waals surface area contributed by atoms with Gasteiger partial charge in [-0.15, -0.1) is 0 Å². The molecule has 0 bridgehead atoms. The van der Waals surface area contributed by atoms with E-state index in [1.54, 1.807) is 0 Å². The number of hydrogen-bond acceptors (Lipinski definition) is 4. The fourth-order valence-corrected chi connectivity index (χ4v) is 0.626. The molecule has 1 atom stereocenters. The Morgan fingerprint density at radius 3 is 2.36 bits per heavy atom. The average Bonchev–Trinajstić information content (AvgIpc) is 1.88. The zero-order chi connectivity index (χ0) is 7.98. The van der Waals surface area contributed by atoms with Gasteiger partial charge in [0.15, 0.2) is 0 Å². The van der Waals surface area contributed by atoms with Crippen molar-refractivity contribution in [1.82, 2.24) is 0 Å². The van der Waals surface area contributed by atoms with Crippen LogP contribution in [-0.4, -0.2) is 18.6 Å². The monoisotopic (exact) mass is 204 g/mol. The van der Waals surface area contributed by atoms with Crippen molar-refractivity contribution in [2.45, 2.75) is 25.3 Å². The predicted molar refractivity (Wildman–Crippen MR) is 35.9 cm³/mol. The molecule has 5 heteroatoms. The van der Waals surface area contributed by atoms with Crippen LogP contribution >= 0.6 is 0 Å². The zero-order valence-corrected chi connectivity index (χ0v) is 7.25. The largest absolute Gasteiger partial charge is 2.00 e. The molecule has 0 spiro atoms. The van der Waals surface area contributed by atoms with E-state index in [9.17, 15) is 9.90 Å². The van der Waals surface area contributed by atoms with Crippen LogP contribution in [0.4, 0.5) is 0 Å². The van der Waals surface area contributed by atoms with Crippen molar-refractivity contribution in [3.05, 3.63) is 0 Å². The van der Waals surface area contributed by atoms with Crippen LogP contribution < -0.4 is 16.6 Å².